The molecule has 0 aliphatic heterocycles. The van der Waals surface area contributed by atoms with Crippen molar-refractivity contribution in [2.75, 3.05) is 5.32 Å². The molecule has 0 fully saturated rings. The second kappa shape index (κ2) is 4.04. The second-order valence-corrected chi connectivity index (χ2v) is 4.00. The maximum atomic E-state index is 12.1. The van der Waals surface area contributed by atoms with Gasteiger partial charge in [0, 0.05) is 32.1 Å². The number of anilines is 1. The molecule has 2 aromatic rings. The van der Waals surface area contributed by atoms with E-state index in [9.17, 15) is 4.79 Å². The molecule has 2 rings (SSSR count). The lowest BCUT2D eigenvalue weighted by atomic mass is 10.2. The van der Waals surface area contributed by atoms with Crippen LogP contribution in [0.2, 0.25) is 0 Å². The Kier molecular flexibility index (Phi) is 2.71. The fourth-order valence-electron chi connectivity index (χ4n) is 1.76. The standard InChI is InChI=1S/C11H15N5O/c1-7-10(8(2)16(4)13-7)11(17)12-9-5-6-15(3)14-9/h5-6H,1-4H3,(H,12,14,17). The highest BCUT2D eigenvalue weighted by atomic mass is 16.1. The molecule has 0 saturated heterocycles. The lowest BCUT2D eigenvalue weighted by molar-refractivity contribution is 0.102. The predicted molar refractivity (Wildman–Crippen MR) is 63.8 cm³/mol. The van der Waals surface area contributed by atoms with E-state index < -0.39 is 0 Å². The number of rotatable bonds is 2. The van der Waals surface area contributed by atoms with Crippen LogP contribution < -0.4 is 5.32 Å². The van der Waals surface area contributed by atoms with Crippen molar-refractivity contribution in [2.24, 2.45) is 14.1 Å². The lowest BCUT2D eigenvalue weighted by Gasteiger charge is -2.02. The molecule has 1 amide bonds. The average Bonchev–Trinajstić information content (AvgIpc) is 2.73. The number of nitrogens with zero attached hydrogens (tertiary/aromatic N) is 4. The fourth-order valence-corrected chi connectivity index (χ4v) is 1.76. The molecule has 0 aliphatic rings. The van der Waals surface area contributed by atoms with Crippen LogP contribution in [0.5, 0.6) is 0 Å². The van der Waals surface area contributed by atoms with E-state index in [2.05, 4.69) is 15.5 Å². The van der Waals surface area contributed by atoms with Crippen LogP contribution in [0.1, 0.15) is 21.7 Å². The molecule has 6 nitrogen and oxygen atoms in total. The van der Waals surface area contributed by atoms with Crippen molar-refractivity contribution in [3.05, 3.63) is 29.2 Å². The summed E-state index contributed by atoms with van der Waals surface area (Å²) in [6.45, 7) is 3.69. The normalized spacial score (nSPS) is 10.6. The van der Waals surface area contributed by atoms with Crippen LogP contribution in [0.3, 0.4) is 0 Å². The van der Waals surface area contributed by atoms with Gasteiger partial charge in [-0.1, -0.05) is 0 Å². The van der Waals surface area contributed by atoms with Crippen LogP contribution in [-0.4, -0.2) is 25.5 Å². The van der Waals surface area contributed by atoms with Gasteiger partial charge in [-0.2, -0.15) is 10.2 Å². The van der Waals surface area contributed by atoms with E-state index in [-0.39, 0.29) is 5.91 Å². The first-order valence-corrected chi connectivity index (χ1v) is 5.30. The molecule has 0 saturated carbocycles. The van der Waals surface area contributed by atoms with Crippen molar-refractivity contribution in [2.45, 2.75) is 13.8 Å². The first-order chi connectivity index (χ1) is 7.99. The van der Waals surface area contributed by atoms with Crippen LogP contribution in [-0.2, 0) is 14.1 Å². The summed E-state index contributed by atoms with van der Waals surface area (Å²) < 4.78 is 3.33. The number of amides is 1. The molecule has 6 heteroatoms. The molecule has 0 aliphatic carbocycles. The van der Waals surface area contributed by atoms with E-state index in [4.69, 9.17) is 0 Å². The van der Waals surface area contributed by atoms with Gasteiger partial charge in [0.25, 0.3) is 5.91 Å². The van der Waals surface area contributed by atoms with Crippen molar-refractivity contribution in [1.29, 1.82) is 0 Å². The molecular weight excluding hydrogens is 218 g/mol. The maximum Gasteiger partial charge on any atom is 0.260 e. The first kappa shape index (κ1) is 11.4. The van der Waals surface area contributed by atoms with E-state index >= 15 is 0 Å². The molecular formula is C11H15N5O. The molecule has 17 heavy (non-hydrogen) atoms. The van der Waals surface area contributed by atoms with Gasteiger partial charge in [-0.25, -0.2) is 0 Å². The number of hydrogen-bond donors (Lipinski definition) is 1. The Bertz CT molecular complexity index is 566. The third-order valence-corrected chi connectivity index (χ3v) is 2.69. The quantitative estimate of drug-likeness (QED) is 0.842. The molecule has 0 radical (unpaired) electrons. The number of aryl methyl sites for hydroxylation is 3. The van der Waals surface area contributed by atoms with Crippen molar-refractivity contribution in [3.8, 4) is 0 Å². The predicted octanol–water partition coefficient (Wildman–Crippen LogP) is 1.02. The van der Waals surface area contributed by atoms with Crippen LogP contribution in [0.15, 0.2) is 12.3 Å². The van der Waals surface area contributed by atoms with E-state index in [1.807, 2.05) is 20.9 Å². The molecule has 0 bridgehead atoms. The second-order valence-electron chi connectivity index (χ2n) is 4.00. The van der Waals surface area contributed by atoms with Crippen LogP contribution in [0.4, 0.5) is 5.82 Å². The number of carbonyl (C=O) groups excluding carboxylic acids is 1. The number of hydrogen-bond acceptors (Lipinski definition) is 3. The van der Waals surface area contributed by atoms with Crippen molar-refractivity contribution in [1.82, 2.24) is 19.6 Å². The lowest BCUT2D eigenvalue weighted by Crippen LogP contribution is -2.14. The minimum Gasteiger partial charge on any atom is -0.305 e. The Morgan fingerprint density at radius 1 is 1.29 bits per heavy atom. The third-order valence-electron chi connectivity index (χ3n) is 2.69. The minimum absolute atomic E-state index is 0.174. The van der Waals surface area contributed by atoms with Crippen molar-refractivity contribution >= 4 is 11.7 Å². The maximum absolute atomic E-state index is 12.1. The summed E-state index contributed by atoms with van der Waals surface area (Å²) in [6.07, 6.45) is 1.78. The minimum atomic E-state index is -0.174. The van der Waals surface area contributed by atoms with Crippen molar-refractivity contribution in [3.63, 3.8) is 0 Å². The van der Waals surface area contributed by atoms with E-state index in [0.717, 1.165) is 11.4 Å². The summed E-state index contributed by atoms with van der Waals surface area (Å²) in [4.78, 5) is 12.1. The highest BCUT2D eigenvalue weighted by Crippen LogP contribution is 2.14. The van der Waals surface area contributed by atoms with Gasteiger partial charge >= 0.3 is 0 Å². The number of nitrogens with one attached hydrogen (secondary N) is 1. The monoisotopic (exact) mass is 233 g/mol. The summed E-state index contributed by atoms with van der Waals surface area (Å²) in [5.74, 6) is 0.368. The summed E-state index contributed by atoms with van der Waals surface area (Å²) in [7, 11) is 3.62. The highest BCUT2D eigenvalue weighted by Gasteiger charge is 2.17. The van der Waals surface area contributed by atoms with Crippen LogP contribution >= 0.6 is 0 Å². The zero-order valence-electron chi connectivity index (χ0n) is 10.4. The molecule has 0 aromatic carbocycles. The summed E-state index contributed by atoms with van der Waals surface area (Å²) in [5, 5.41) is 11.1. The topological polar surface area (TPSA) is 64.7 Å². The van der Waals surface area contributed by atoms with Gasteiger partial charge in [-0.05, 0) is 13.8 Å². The van der Waals surface area contributed by atoms with Gasteiger partial charge in [0.2, 0.25) is 0 Å². The van der Waals surface area contributed by atoms with E-state index in [0.29, 0.717) is 11.4 Å². The highest BCUT2D eigenvalue weighted by molar-refractivity contribution is 6.05. The Hall–Kier alpha value is -2.11. The zero-order valence-corrected chi connectivity index (χ0v) is 10.4. The zero-order chi connectivity index (χ0) is 12.6. The van der Waals surface area contributed by atoms with Gasteiger partial charge in [0.1, 0.15) is 0 Å². The van der Waals surface area contributed by atoms with Crippen molar-refractivity contribution < 1.29 is 4.79 Å². The molecule has 2 heterocycles. The smallest absolute Gasteiger partial charge is 0.260 e. The number of carbonyl (C=O) groups is 1. The average molecular weight is 233 g/mol. The molecule has 0 atom stereocenters. The third kappa shape index (κ3) is 2.06. The Morgan fingerprint density at radius 3 is 2.47 bits per heavy atom. The van der Waals surface area contributed by atoms with Gasteiger partial charge in [0.05, 0.1) is 11.3 Å². The van der Waals surface area contributed by atoms with Gasteiger partial charge in [-0.3, -0.25) is 14.2 Å². The Morgan fingerprint density at radius 2 is 2.00 bits per heavy atom. The SMILES string of the molecule is Cc1nn(C)c(C)c1C(=O)Nc1ccn(C)n1. The van der Waals surface area contributed by atoms with Gasteiger partial charge < -0.3 is 5.32 Å². The molecule has 0 unspecified atom stereocenters. The molecule has 90 valence electrons. The van der Waals surface area contributed by atoms with Gasteiger partial charge in [0.15, 0.2) is 5.82 Å². The first-order valence-electron chi connectivity index (χ1n) is 5.30. The van der Waals surface area contributed by atoms with E-state index in [1.165, 1.54) is 0 Å². The fraction of sp³-hybridized carbons (Fsp3) is 0.364. The Balaban J connectivity index is 2.26. The van der Waals surface area contributed by atoms with Gasteiger partial charge in [-0.15, -0.1) is 0 Å². The molecule has 0 spiro atoms. The summed E-state index contributed by atoms with van der Waals surface area (Å²) in [6, 6.07) is 1.75. The summed E-state index contributed by atoms with van der Waals surface area (Å²) >= 11 is 0. The number of aromatic nitrogens is 4. The van der Waals surface area contributed by atoms with Crippen LogP contribution in [0, 0.1) is 13.8 Å². The summed E-state index contributed by atoms with van der Waals surface area (Å²) in [5.41, 5.74) is 2.17. The van der Waals surface area contributed by atoms with E-state index in [1.54, 1.807) is 28.7 Å². The van der Waals surface area contributed by atoms with Crippen LogP contribution in [0.25, 0.3) is 0 Å². The molecule has 1 N–H and O–H groups in total. The largest absolute Gasteiger partial charge is 0.305 e. The molecule has 2 aromatic heterocycles. The Labute approximate surface area is 99.2 Å².